The maximum atomic E-state index is 13.6. The molecule has 3 N–H and O–H groups in total. The van der Waals surface area contributed by atoms with Gasteiger partial charge in [0.1, 0.15) is 5.75 Å². The lowest BCUT2D eigenvalue weighted by atomic mass is 10.00. The van der Waals surface area contributed by atoms with Gasteiger partial charge in [-0.05, 0) is 73.2 Å². The minimum absolute atomic E-state index is 0.0670. The fourth-order valence-corrected chi connectivity index (χ4v) is 4.80. The molecule has 0 spiro atoms. The van der Waals surface area contributed by atoms with E-state index < -0.39 is 12.1 Å². The molecule has 0 radical (unpaired) electrons. The molecule has 0 bridgehead atoms. The van der Waals surface area contributed by atoms with E-state index in [1.54, 1.807) is 18.1 Å². The van der Waals surface area contributed by atoms with Crippen LogP contribution < -0.4 is 20.3 Å². The van der Waals surface area contributed by atoms with Crippen LogP contribution in [0.1, 0.15) is 66.6 Å². The molecule has 0 aromatic heterocycles. The zero-order chi connectivity index (χ0) is 29.6. The number of anilines is 1. The average Bonchev–Trinajstić information content (AvgIpc) is 2.97. The third-order valence-corrected chi connectivity index (χ3v) is 7.03. The average molecular weight is 560 g/mol. The van der Waals surface area contributed by atoms with E-state index in [4.69, 9.17) is 4.74 Å². The van der Waals surface area contributed by atoms with Crippen LogP contribution in [0.4, 0.5) is 5.69 Å². The Kier molecular flexibility index (Phi) is 12.9. The molecule has 0 saturated heterocycles. The quantitative estimate of drug-likeness (QED) is 0.218. The van der Waals surface area contributed by atoms with Gasteiger partial charge >= 0.3 is 0 Å². The van der Waals surface area contributed by atoms with E-state index in [2.05, 4.69) is 17.6 Å². The summed E-state index contributed by atoms with van der Waals surface area (Å²) >= 11 is 0. The summed E-state index contributed by atoms with van der Waals surface area (Å²) in [7, 11) is 1.64. The number of benzene rings is 3. The number of nitrogens with one attached hydrogen (secondary N) is 2. The number of nitrogens with zero attached hydrogens (tertiary/aromatic N) is 1. The number of ether oxygens (including phenoxy) is 1. The van der Waals surface area contributed by atoms with E-state index in [0.29, 0.717) is 38.0 Å². The summed E-state index contributed by atoms with van der Waals surface area (Å²) in [4.78, 5) is 28.3. The number of hydrogen-bond donors (Lipinski definition) is 3. The summed E-state index contributed by atoms with van der Waals surface area (Å²) in [6.45, 7) is 7.50. The van der Waals surface area contributed by atoms with Crippen LogP contribution in [0.3, 0.4) is 0 Å². The number of rotatable bonds is 16. The minimum Gasteiger partial charge on any atom is -0.497 e. The molecule has 220 valence electrons. The van der Waals surface area contributed by atoms with Gasteiger partial charge in [-0.15, -0.1) is 0 Å². The first-order valence-corrected chi connectivity index (χ1v) is 14.6. The van der Waals surface area contributed by atoms with Crippen LogP contribution >= 0.6 is 0 Å². The lowest BCUT2D eigenvalue weighted by Gasteiger charge is -2.26. The highest BCUT2D eigenvalue weighted by Gasteiger charge is 2.24. The largest absolute Gasteiger partial charge is 0.497 e. The van der Waals surface area contributed by atoms with Gasteiger partial charge < -0.3 is 25.4 Å². The third kappa shape index (κ3) is 10.0. The van der Waals surface area contributed by atoms with Gasteiger partial charge in [0.15, 0.2) is 0 Å². The molecule has 7 heteroatoms. The van der Waals surface area contributed by atoms with Gasteiger partial charge in [0, 0.05) is 37.3 Å². The molecule has 2 atom stereocenters. The van der Waals surface area contributed by atoms with Gasteiger partial charge in [-0.3, -0.25) is 9.59 Å². The minimum atomic E-state index is -0.832. The fraction of sp³-hybridized carbons (Fsp3) is 0.412. The lowest BCUT2D eigenvalue weighted by Crippen LogP contribution is -2.48. The van der Waals surface area contributed by atoms with Crippen molar-refractivity contribution >= 4 is 17.5 Å². The Hall–Kier alpha value is -3.68. The molecule has 0 aliphatic heterocycles. The van der Waals surface area contributed by atoms with Crippen molar-refractivity contribution in [3.63, 3.8) is 0 Å². The van der Waals surface area contributed by atoms with Gasteiger partial charge in [-0.1, -0.05) is 62.7 Å². The second-order valence-corrected chi connectivity index (χ2v) is 10.5. The number of hydrogen-bond acceptors (Lipinski definition) is 5. The molecule has 3 aromatic rings. The molecular weight excluding hydrogens is 514 g/mol. The van der Waals surface area contributed by atoms with Crippen LogP contribution in [-0.2, 0) is 17.8 Å². The van der Waals surface area contributed by atoms with E-state index in [0.717, 1.165) is 47.4 Å². The number of unbranched alkanes of at least 4 members (excludes halogenated alkanes) is 1. The van der Waals surface area contributed by atoms with Crippen molar-refractivity contribution in [3.8, 4) is 5.75 Å². The van der Waals surface area contributed by atoms with Crippen LogP contribution in [0.15, 0.2) is 72.8 Å². The highest BCUT2D eigenvalue weighted by molar-refractivity contribution is 5.98. The lowest BCUT2D eigenvalue weighted by molar-refractivity contribution is -0.118. The van der Waals surface area contributed by atoms with E-state index in [9.17, 15) is 14.7 Å². The Morgan fingerprint density at radius 1 is 0.951 bits per heavy atom. The molecule has 0 unspecified atom stereocenters. The number of aryl methyl sites for hydroxylation is 1. The fourth-order valence-electron chi connectivity index (χ4n) is 4.80. The number of aliphatic hydroxyl groups excluding tert-OH is 1. The molecule has 0 saturated carbocycles. The molecule has 0 aliphatic rings. The van der Waals surface area contributed by atoms with Crippen molar-refractivity contribution in [1.29, 1.82) is 0 Å². The van der Waals surface area contributed by atoms with Gasteiger partial charge in [0.05, 0.1) is 19.3 Å². The Bertz CT molecular complexity index is 1250. The van der Waals surface area contributed by atoms with E-state index in [-0.39, 0.29) is 11.8 Å². The molecule has 0 aliphatic carbocycles. The van der Waals surface area contributed by atoms with Crippen molar-refractivity contribution in [2.45, 2.75) is 71.6 Å². The number of carbonyl (C=O) groups excluding carboxylic acids is 2. The number of carbonyl (C=O) groups is 2. The number of aliphatic hydroxyl groups is 1. The van der Waals surface area contributed by atoms with Gasteiger partial charge in [-0.2, -0.15) is 0 Å². The predicted octanol–water partition coefficient (Wildman–Crippen LogP) is 5.43. The number of amides is 2. The predicted molar refractivity (Wildman–Crippen MR) is 165 cm³/mol. The van der Waals surface area contributed by atoms with Crippen molar-refractivity contribution in [3.05, 3.63) is 95.1 Å². The Morgan fingerprint density at radius 2 is 1.71 bits per heavy atom. The van der Waals surface area contributed by atoms with Crippen molar-refractivity contribution in [1.82, 2.24) is 10.6 Å². The van der Waals surface area contributed by atoms with Gasteiger partial charge in [0.2, 0.25) is 5.91 Å². The first-order chi connectivity index (χ1) is 19.8. The molecule has 3 aromatic carbocycles. The van der Waals surface area contributed by atoms with Crippen LogP contribution in [0, 0.1) is 6.92 Å². The summed E-state index contributed by atoms with van der Waals surface area (Å²) < 4.78 is 5.30. The van der Waals surface area contributed by atoms with Crippen LogP contribution in [0.2, 0.25) is 0 Å². The van der Waals surface area contributed by atoms with Crippen molar-refractivity contribution in [2.24, 2.45) is 0 Å². The molecule has 0 fully saturated rings. The van der Waals surface area contributed by atoms with E-state index in [1.165, 1.54) is 0 Å². The summed E-state index contributed by atoms with van der Waals surface area (Å²) in [5.41, 5.74) is 4.17. The maximum absolute atomic E-state index is 13.6. The Balaban J connectivity index is 1.77. The molecule has 7 nitrogen and oxygen atoms in total. The van der Waals surface area contributed by atoms with E-state index >= 15 is 0 Å². The van der Waals surface area contributed by atoms with Gasteiger partial charge in [-0.25, -0.2) is 0 Å². The van der Waals surface area contributed by atoms with Crippen LogP contribution in [0.25, 0.3) is 0 Å². The standard InChI is InChI=1S/C34H45N3O4/c1-5-7-17-37(33(39)12-6-2)29-19-25(3)18-28(22-29)34(40)36-31(21-26-13-9-8-10-14-26)32(38)24-35-23-27-15-11-16-30(20-27)41-4/h8-11,13-16,18-20,22,31-32,35,38H,5-7,12,17,21,23-24H2,1-4H3,(H,36,40)/t31-,32-/m0/s1. The summed E-state index contributed by atoms with van der Waals surface area (Å²) in [6, 6.07) is 22.7. The zero-order valence-corrected chi connectivity index (χ0v) is 24.9. The topological polar surface area (TPSA) is 90.9 Å². The highest BCUT2D eigenvalue weighted by Crippen LogP contribution is 2.22. The second-order valence-electron chi connectivity index (χ2n) is 10.5. The Labute approximate surface area is 244 Å². The molecule has 41 heavy (non-hydrogen) atoms. The number of methoxy groups -OCH3 is 1. The normalized spacial score (nSPS) is 12.4. The maximum Gasteiger partial charge on any atom is 0.251 e. The van der Waals surface area contributed by atoms with Crippen LogP contribution in [0.5, 0.6) is 5.75 Å². The van der Waals surface area contributed by atoms with Crippen molar-refractivity contribution in [2.75, 3.05) is 25.1 Å². The first-order valence-electron chi connectivity index (χ1n) is 14.6. The summed E-state index contributed by atoms with van der Waals surface area (Å²) in [5, 5.41) is 17.6. The van der Waals surface area contributed by atoms with Crippen LogP contribution in [-0.4, -0.2) is 49.3 Å². The van der Waals surface area contributed by atoms with E-state index in [1.807, 2.05) is 80.6 Å². The molecule has 2 amide bonds. The SMILES string of the molecule is CCCCN(C(=O)CCC)c1cc(C)cc(C(=O)N[C@@H](Cc2ccccc2)[C@@H](O)CNCc2cccc(OC)c2)c1. The summed E-state index contributed by atoms with van der Waals surface area (Å²) in [5.74, 6) is 0.569. The molecular formula is C34H45N3O4. The molecule has 3 rings (SSSR count). The highest BCUT2D eigenvalue weighted by atomic mass is 16.5. The second kappa shape index (κ2) is 16.6. The third-order valence-electron chi connectivity index (χ3n) is 7.03. The smallest absolute Gasteiger partial charge is 0.251 e. The Morgan fingerprint density at radius 3 is 2.41 bits per heavy atom. The zero-order valence-electron chi connectivity index (χ0n) is 24.9. The monoisotopic (exact) mass is 559 g/mol. The van der Waals surface area contributed by atoms with Crippen molar-refractivity contribution < 1.29 is 19.4 Å². The first kappa shape index (κ1) is 31.8. The summed E-state index contributed by atoms with van der Waals surface area (Å²) in [6.07, 6.45) is 2.74. The van der Waals surface area contributed by atoms with Gasteiger partial charge in [0.25, 0.3) is 5.91 Å². The molecule has 0 heterocycles.